The fourth-order valence-corrected chi connectivity index (χ4v) is 4.13. The predicted molar refractivity (Wildman–Crippen MR) is 98.6 cm³/mol. The third-order valence-electron chi connectivity index (χ3n) is 5.44. The summed E-state index contributed by atoms with van der Waals surface area (Å²) >= 11 is 0. The lowest BCUT2D eigenvalue weighted by molar-refractivity contribution is -0.134. The van der Waals surface area contributed by atoms with Crippen molar-refractivity contribution in [3.05, 3.63) is 0 Å². The quantitative estimate of drug-likeness (QED) is 0.779. The van der Waals surface area contributed by atoms with E-state index in [1.165, 1.54) is 6.42 Å². The monoisotopic (exact) mass is 380 g/mol. The summed E-state index contributed by atoms with van der Waals surface area (Å²) in [6.07, 6.45) is 3.64. The number of nitrogens with zero attached hydrogens (tertiary/aromatic N) is 3. The molecule has 0 spiro atoms. The molecule has 0 aromatic rings. The summed E-state index contributed by atoms with van der Waals surface area (Å²) in [4.78, 5) is 31.0. The van der Waals surface area contributed by atoms with Gasteiger partial charge in [0.15, 0.2) is 0 Å². The average molecular weight is 381 g/mol. The summed E-state index contributed by atoms with van der Waals surface area (Å²) in [5.74, 6) is 0.113. The van der Waals surface area contributed by atoms with Gasteiger partial charge in [0.1, 0.15) is 0 Å². The number of likely N-dealkylation sites (N-methyl/N-ethyl adjacent to an activating group) is 1. The van der Waals surface area contributed by atoms with Crippen LogP contribution in [0, 0.1) is 5.92 Å². The molecule has 2 unspecified atom stereocenters. The third-order valence-corrected chi connectivity index (χ3v) is 5.44. The van der Waals surface area contributed by atoms with Gasteiger partial charge in [-0.15, -0.1) is 24.8 Å². The Balaban J connectivity index is 0.00000144. The van der Waals surface area contributed by atoms with Crippen molar-refractivity contribution in [3.63, 3.8) is 0 Å². The van der Waals surface area contributed by atoms with Crippen LogP contribution in [-0.2, 0) is 9.59 Å². The highest BCUT2D eigenvalue weighted by molar-refractivity contribution is 5.89. The molecule has 0 saturated carbocycles. The second-order valence-corrected chi connectivity index (χ2v) is 6.96. The van der Waals surface area contributed by atoms with Gasteiger partial charge < -0.3 is 15.5 Å². The highest BCUT2D eigenvalue weighted by atomic mass is 35.5. The molecule has 2 N–H and O–H groups in total. The molecule has 24 heavy (non-hydrogen) atoms. The van der Waals surface area contributed by atoms with E-state index in [1.54, 1.807) is 0 Å². The van der Waals surface area contributed by atoms with Gasteiger partial charge in [-0.2, -0.15) is 0 Å². The van der Waals surface area contributed by atoms with Crippen LogP contribution >= 0.6 is 24.8 Å². The maximum atomic E-state index is 12.5. The van der Waals surface area contributed by atoms with Gasteiger partial charge in [0.2, 0.25) is 11.8 Å². The smallest absolute Gasteiger partial charge is 0.228 e. The zero-order valence-electron chi connectivity index (χ0n) is 14.4. The van der Waals surface area contributed by atoms with E-state index in [9.17, 15) is 9.59 Å². The van der Waals surface area contributed by atoms with E-state index in [0.29, 0.717) is 25.6 Å². The van der Waals surface area contributed by atoms with Gasteiger partial charge in [-0.05, 0) is 32.4 Å². The van der Waals surface area contributed by atoms with Crippen molar-refractivity contribution in [2.24, 2.45) is 11.7 Å². The Morgan fingerprint density at radius 2 is 1.96 bits per heavy atom. The fourth-order valence-electron chi connectivity index (χ4n) is 4.13. The number of likely N-dealkylation sites (tertiary alicyclic amines) is 3. The number of rotatable bonds is 4. The summed E-state index contributed by atoms with van der Waals surface area (Å²) in [6.45, 7) is 7.13. The molecule has 3 fully saturated rings. The second kappa shape index (κ2) is 9.22. The van der Waals surface area contributed by atoms with E-state index in [2.05, 4.69) is 11.8 Å². The van der Waals surface area contributed by atoms with E-state index < -0.39 is 0 Å². The molecular weight excluding hydrogens is 351 g/mol. The Morgan fingerprint density at radius 1 is 1.21 bits per heavy atom. The number of halogens is 2. The number of carbonyl (C=O) groups excluding carboxylic acids is 2. The van der Waals surface area contributed by atoms with Crippen molar-refractivity contribution in [2.75, 3.05) is 39.3 Å². The number of nitrogens with two attached hydrogens (primary N) is 1. The Bertz CT molecular complexity index is 452. The molecule has 3 atom stereocenters. The van der Waals surface area contributed by atoms with Crippen LogP contribution in [0.4, 0.5) is 0 Å². The van der Waals surface area contributed by atoms with Gasteiger partial charge in [0.25, 0.3) is 0 Å². The van der Waals surface area contributed by atoms with Crippen LogP contribution < -0.4 is 5.73 Å². The number of carbonyl (C=O) groups is 2. The second-order valence-electron chi connectivity index (χ2n) is 6.96. The molecule has 0 bridgehead atoms. The predicted octanol–water partition coefficient (Wildman–Crippen LogP) is 0.722. The van der Waals surface area contributed by atoms with E-state index in [1.807, 2.05) is 9.80 Å². The zero-order valence-corrected chi connectivity index (χ0v) is 16.0. The van der Waals surface area contributed by atoms with Gasteiger partial charge in [-0.3, -0.25) is 14.5 Å². The lowest BCUT2D eigenvalue weighted by atomic mass is 10.1. The number of hydrogen-bond acceptors (Lipinski definition) is 4. The molecule has 140 valence electrons. The summed E-state index contributed by atoms with van der Waals surface area (Å²) in [5.41, 5.74) is 5.88. The molecule has 0 aliphatic carbocycles. The molecule has 3 saturated heterocycles. The van der Waals surface area contributed by atoms with Crippen LogP contribution in [0.5, 0.6) is 0 Å². The van der Waals surface area contributed by atoms with Crippen molar-refractivity contribution in [1.82, 2.24) is 14.7 Å². The topological polar surface area (TPSA) is 69.9 Å². The van der Waals surface area contributed by atoms with Crippen LogP contribution in [0.15, 0.2) is 0 Å². The standard InChI is InChI=1S/C16H28N4O2.2ClH/c1-2-18-6-3-4-14(18)11-20-9-12(8-15(20)21)16(22)19-7-5-13(17)10-19;;/h12-14H,2-11,17H2,1H3;2*1H/t12?,13-,14?;;/m1../s1. The fraction of sp³-hybridized carbons (Fsp3) is 0.875. The third kappa shape index (κ3) is 4.54. The zero-order chi connectivity index (χ0) is 15.7. The van der Waals surface area contributed by atoms with Crippen LogP contribution in [0.1, 0.15) is 32.6 Å². The molecule has 3 heterocycles. The van der Waals surface area contributed by atoms with E-state index in [-0.39, 0.29) is 48.6 Å². The molecule has 3 rings (SSSR count). The van der Waals surface area contributed by atoms with Crippen LogP contribution in [0.2, 0.25) is 0 Å². The Hall–Kier alpha value is -0.560. The Morgan fingerprint density at radius 3 is 2.58 bits per heavy atom. The van der Waals surface area contributed by atoms with E-state index in [0.717, 1.165) is 39.0 Å². The minimum Gasteiger partial charge on any atom is -0.341 e. The van der Waals surface area contributed by atoms with Crippen LogP contribution in [0.3, 0.4) is 0 Å². The van der Waals surface area contributed by atoms with Gasteiger partial charge >= 0.3 is 0 Å². The average Bonchev–Trinajstić information content (AvgIpc) is 3.20. The summed E-state index contributed by atoms with van der Waals surface area (Å²) in [5, 5.41) is 0. The highest BCUT2D eigenvalue weighted by Crippen LogP contribution is 2.25. The largest absolute Gasteiger partial charge is 0.341 e. The van der Waals surface area contributed by atoms with Crippen molar-refractivity contribution in [1.29, 1.82) is 0 Å². The first kappa shape index (κ1) is 21.5. The number of hydrogen-bond donors (Lipinski definition) is 1. The molecule has 2 amide bonds. The van der Waals surface area contributed by atoms with E-state index >= 15 is 0 Å². The molecule has 3 aliphatic rings. The first-order chi connectivity index (χ1) is 10.6. The minimum atomic E-state index is -0.158. The van der Waals surface area contributed by atoms with Crippen molar-refractivity contribution < 1.29 is 9.59 Å². The maximum absolute atomic E-state index is 12.5. The maximum Gasteiger partial charge on any atom is 0.228 e. The first-order valence-electron chi connectivity index (χ1n) is 8.64. The van der Waals surface area contributed by atoms with Gasteiger partial charge in [-0.1, -0.05) is 6.92 Å². The van der Waals surface area contributed by atoms with Crippen LogP contribution in [-0.4, -0.2) is 77.9 Å². The van der Waals surface area contributed by atoms with Crippen molar-refractivity contribution >= 4 is 36.6 Å². The summed E-state index contributed by atoms with van der Waals surface area (Å²) in [7, 11) is 0. The lowest BCUT2D eigenvalue weighted by Crippen LogP contribution is -2.42. The molecule has 0 aromatic heterocycles. The van der Waals surface area contributed by atoms with Gasteiger partial charge in [0.05, 0.1) is 5.92 Å². The van der Waals surface area contributed by atoms with E-state index in [4.69, 9.17) is 5.73 Å². The summed E-state index contributed by atoms with van der Waals surface area (Å²) < 4.78 is 0. The van der Waals surface area contributed by atoms with Gasteiger partial charge in [-0.25, -0.2) is 0 Å². The Labute approximate surface area is 156 Å². The van der Waals surface area contributed by atoms with Crippen molar-refractivity contribution in [3.8, 4) is 0 Å². The molecule has 0 radical (unpaired) electrons. The molecular formula is C16H30Cl2N4O2. The minimum absolute atomic E-state index is 0. The highest BCUT2D eigenvalue weighted by Gasteiger charge is 2.39. The number of amides is 2. The normalized spacial score (nSPS) is 30.4. The molecule has 8 heteroatoms. The summed E-state index contributed by atoms with van der Waals surface area (Å²) in [6, 6.07) is 0.580. The molecule has 0 aromatic carbocycles. The first-order valence-corrected chi connectivity index (χ1v) is 8.64. The SMILES string of the molecule is CCN1CCCC1CN1CC(C(=O)N2CC[C@@H](N)C2)CC1=O.Cl.Cl. The molecule has 6 nitrogen and oxygen atoms in total. The lowest BCUT2D eigenvalue weighted by Gasteiger charge is -2.28. The molecule has 3 aliphatic heterocycles. The van der Waals surface area contributed by atoms with Crippen LogP contribution in [0.25, 0.3) is 0 Å². The Kier molecular flexibility index (Phi) is 8.26. The van der Waals surface area contributed by atoms with Gasteiger partial charge in [0, 0.05) is 44.7 Å². The van der Waals surface area contributed by atoms with Crippen molar-refractivity contribution in [2.45, 2.75) is 44.7 Å².